The van der Waals surface area contributed by atoms with Gasteiger partial charge in [0.1, 0.15) is 35.4 Å². The van der Waals surface area contributed by atoms with E-state index in [1.165, 1.54) is 22.7 Å². The Morgan fingerprint density at radius 2 is 1.00 bits per heavy atom. The Hall–Kier alpha value is -4.42. The van der Waals surface area contributed by atoms with Crippen molar-refractivity contribution in [1.29, 1.82) is 21.0 Å². The van der Waals surface area contributed by atoms with Gasteiger partial charge in [0, 0.05) is 40.0 Å². The van der Waals surface area contributed by atoms with Crippen LogP contribution >= 0.6 is 45.3 Å². The second-order valence-electron chi connectivity index (χ2n) is 7.74. The lowest BCUT2D eigenvalue weighted by Crippen LogP contribution is -1.91. The second kappa shape index (κ2) is 10.5. The van der Waals surface area contributed by atoms with Gasteiger partial charge in [0.2, 0.25) is 0 Å². The van der Waals surface area contributed by atoms with Crippen LogP contribution in [0, 0.1) is 45.3 Å². The van der Waals surface area contributed by atoms with Crippen molar-refractivity contribution < 1.29 is 9.47 Å². The fourth-order valence-electron chi connectivity index (χ4n) is 3.94. The molecule has 5 aromatic rings. The number of fused-ring (bicyclic) bond motifs is 3. The van der Waals surface area contributed by atoms with E-state index in [2.05, 4.69) is 12.1 Å². The van der Waals surface area contributed by atoms with Gasteiger partial charge in [-0.15, -0.1) is 45.3 Å². The number of benzene rings is 1. The highest BCUT2D eigenvalue weighted by atomic mass is 32.1. The van der Waals surface area contributed by atoms with Crippen molar-refractivity contribution in [3.63, 3.8) is 0 Å². The summed E-state index contributed by atoms with van der Waals surface area (Å²) in [4.78, 5) is 5.82. The van der Waals surface area contributed by atoms with Gasteiger partial charge in [0.25, 0.3) is 0 Å². The van der Waals surface area contributed by atoms with Crippen LogP contribution in [0.4, 0.5) is 0 Å². The Bertz CT molecular complexity index is 1780. The fourth-order valence-corrected chi connectivity index (χ4v) is 8.47. The molecule has 0 aliphatic carbocycles. The first-order valence-corrected chi connectivity index (χ1v) is 14.1. The van der Waals surface area contributed by atoms with Gasteiger partial charge in [-0.05, 0) is 48.6 Å². The summed E-state index contributed by atoms with van der Waals surface area (Å²) in [7, 11) is 3.26. The molecule has 0 spiro atoms. The zero-order chi connectivity index (χ0) is 26.8. The topological polar surface area (TPSA) is 114 Å². The van der Waals surface area contributed by atoms with Crippen LogP contribution in [-0.4, -0.2) is 14.2 Å². The summed E-state index contributed by atoms with van der Waals surface area (Å²) >= 11 is 6.35. The molecule has 10 heteroatoms. The van der Waals surface area contributed by atoms with E-state index in [1.54, 1.807) is 49.0 Å². The maximum atomic E-state index is 9.07. The molecule has 0 amide bonds. The number of thiophene rings is 4. The molecule has 1 aromatic carbocycles. The van der Waals surface area contributed by atoms with Crippen molar-refractivity contribution in [2.24, 2.45) is 0 Å². The molecule has 4 heterocycles. The van der Waals surface area contributed by atoms with E-state index in [0.29, 0.717) is 11.5 Å². The predicted octanol–water partition coefficient (Wildman–Crippen LogP) is 8.45. The van der Waals surface area contributed by atoms with Crippen molar-refractivity contribution in [1.82, 2.24) is 0 Å². The summed E-state index contributed by atoms with van der Waals surface area (Å²) < 4.78 is 13.8. The van der Waals surface area contributed by atoms with Gasteiger partial charge in [0.15, 0.2) is 11.5 Å². The highest BCUT2D eigenvalue weighted by Crippen LogP contribution is 2.53. The average molecular weight is 567 g/mol. The number of hydrogen-bond donors (Lipinski definition) is 0. The molecule has 0 unspecified atom stereocenters. The van der Waals surface area contributed by atoms with Crippen LogP contribution in [0.2, 0.25) is 0 Å². The first-order valence-electron chi connectivity index (χ1n) is 10.9. The Labute approximate surface area is 234 Å². The zero-order valence-electron chi connectivity index (χ0n) is 19.9. The van der Waals surface area contributed by atoms with Crippen molar-refractivity contribution in [2.45, 2.75) is 0 Å². The quantitative estimate of drug-likeness (QED) is 0.191. The van der Waals surface area contributed by atoms with Crippen LogP contribution in [0.25, 0.3) is 51.8 Å². The molecule has 182 valence electrons. The molecule has 0 radical (unpaired) electrons. The maximum Gasteiger partial charge on any atom is 0.170 e. The van der Waals surface area contributed by atoms with Gasteiger partial charge >= 0.3 is 0 Å². The van der Waals surface area contributed by atoms with Crippen LogP contribution in [-0.2, 0) is 0 Å². The molecule has 38 heavy (non-hydrogen) atoms. The van der Waals surface area contributed by atoms with Crippen molar-refractivity contribution in [3.8, 4) is 55.3 Å². The molecule has 6 nitrogen and oxygen atoms in total. The monoisotopic (exact) mass is 566 g/mol. The predicted molar refractivity (Wildman–Crippen MR) is 155 cm³/mol. The molecule has 0 N–H and O–H groups in total. The normalized spacial score (nSPS) is 10.3. The van der Waals surface area contributed by atoms with Crippen LogP contribution in [0.15, 0.2) is 47.5 Å². The third-order valence-corrected chi connectivity index (χ3v) is 10.5. The highest BCUT2D eigenvalue weighted by molar-refractivity contribution is 7.32. The number of rotatable bonds is 6. The zero-order valence-corrected chi connectivity index (χ0v) is 23.1. The molecule has 5 rings (SSSR count). The molecule has 0 aliphatic heterocycles. The lowest BCUT2D eigenvalue weighted by Gasteiger charge is -2.10. The van der Waals surface area contributed by atoms with Crippen LogP contribution < -0.4 is 9.47 Å². The molecular weight excluding hydrogens is 553 g/mol. The van der Waals surface area contributed by atoms with E-state index in [0.717, 1.165) is 49.4 Å². The number of nitriles is 4. The molecule has 0 aliphatic rings. The third kappa shape index (κ3) is 4.44. The standard InChI is InChI=1S/C28H14N4O2S4/c1-33-25-19-9-23(21-5-3-17(35-21)7-15(11-29)12-30)37-27(19)28-20(26(25)34-2)10-24(38-28)22-6-4-18(36-22)8-16(13-31)14-32/h3-10H,1-2H3. The smallest absolute Gasteiger partial charge is 0.170 e. The van der Waals surface area contributed by atoms with E-state index in [1.807, 2.05) is 48.5 Å². The minimum absolute atomic E-state index is 0.0673. The lowest BCUT2D eigenvalue weighted by molar-refractivity contribution is 0.362. The average Bonchev–Trinajstić information content (AvgIpc) is 3.74. The summed E-state index contributed by atoms with van der Waals surface area (Å²) in [6, 6.07) is 19.6. The van der Waals surface area contributed by atoms with E-state index >= 15 is 0 Å². The van der Waals surface area contributed by atoms with Gasteiger partial charge in [-0.25, -0.2) is 0 Å². The largest absolute Gasteiger partial charge is 0.492 e. The molecule has 0 bridgehead atoms. The summed E-state index contributed by atoms with van der Waals surface area (Å²) in [5.74, 6) is 1.33. The van der Waals surface area contributed by atoms with Crippen LogP contribution in [0.5, 0.6) is 11.5 Å². The molecule has 0 saturated carbocycles. The third-order valence-electron chi connectivity index (χ3n) is 5.57. The molecule has 0 atom stereocenters. The van der Waals surface area contributed by atoms with E-state index in [4.69, 9.17) is 30.5 Å². The van der Waals surface area contributed by atoms with Crippen molar-refractivity contribution in [3.05, 3.63) is 57.3 Å². The van der Waals surface area contributed by atoms with Crippen molar-refractivity contribution in [2.75, 3.05) is 14.2 Å². The van der Waals surface area contributed by atoms with E-state index in [9.17, 15) is 0 Å². The SMILES string of the molecule is COc1c(OC)c2cc(-c3ccc(C=C(C#N)C#N)s3)sc2c2sc(-c3ccc(C=C(C#N)C#N)s3)cc12. The van der Waals surface area contributed by atoms with Crippen LogP contribution in [0.1, 0.15) is 9.75 Å². The minimum atomic E-state index is 0.0673. The summed E-state index contributed by atoms with van der Waals surface area (Å²) in [5, 5.41) is 38.2. The molecule has 0 fully saturated rings. The first-order chi connectivity index (χ1) is 18.5. The maximum absolute atomic E-state index is 9.07. The molecule has 4 aromatic heterocycles. The highest BCUT2D eigenvalue weighted by Gasteiger charge is 2.22. The van der Waals surface area contributed by atoms with Gasteiger partial charge in [-0.2, -0.15) is 21.0 Å². The minimum Gasteiger partial charge on any atom is -0.492 e. The summed E-state index contributed by atoms with van der Waals surface area (Å²) in [6.45, 7) is 0. The lowest BCUT2D eigenvalue weighted by atomic mass is 10.1. The Morgan fingerprint density at radius 3 is 1.34 bits per heavy atom. The molecular formula is C28H14N4O2S4. The van der Waals surface area contributed by atoms with Gasteiger partial charge in [-0.3, -0.25) is 0 Å². The van der Waals surface area contributed by atoms with Gasteiger partial charge in [-0.1, -0.05) is 0 Å². The Balaban J connectivity index is 1.66. The van der Waals surface area contributed by atoms with Crippen molar-refractivity contribution >= 4 is 77.7 Å². The Morgan fingerprint density at radius 1 is 0.605 bits per heavy atom. The number of methoxy groups -OCH3 is 2. The van der Waals surface area contributed by atoms with E-state index in [-0.39, 0.29) is 11.1 Å². The summed E-state index contributed by atoms with van der Waals surface area (Å²) in [6.07, 6.45) is 3.19. The number of ether oxygens (including phenoxy) is 2. The number of hydrogen-bond acceptors (Lipinski definition) is 10. The number of allylic oxidation sites excluding steroid dienone is 2. The van der Waals surface area contributed by atoms with Crippen LogP contribution in [0.3, 0.4) is 0 Å². The fraction of sp³-hybridized carbons (Fsp3) is 0.0714. The Kier molecular flexibility index (Phi) is 6.99. The van der Waals surface area contributed by atoms with Gasteiger partial charge < -0.3 is 9.47 Å². The molecule has 0 saturated heterocycles. The van der Waals surface area contributed by atoms with Gasteiger partial charge in [0.05, 0.1) is 23.6 Å². The first kappa shape index (κ1) is 25.2. The number of nitrogens with zero attached hydrogens (tertiary/aromatic N) is 4. The summed E-state index contributed by atoms with van der Waals surface area (Å²) in [5.41, 5.74) is 0.135. The van der Waals surface area contributed by atoms with E-state index < -0.39 is 0 Å². The second-order valence-corrected chi connectivity index (χ2v) is 12.1.